The summed E-state index contributed by atoms with van der Waals surface area (Å²) in [6.07, 6.45) is 0. The van der Waals surface area contributed by atoms with Gasteiger partial charge in [-0.15, -0.1) is 0 Å². The minimum Gasteiger partial charge on any atom is -0.427 e. The van der Waals surface area contributed by atoms with Crippen LogP contribution >= 0.6 is 10.9 Å². The molecular weight excluding hydrogens is 304 g/mol. The fraction of sp³-hybridized carbons (Fsp3) is 0.0500. The van der Waals surface area contributed by atoms with Crippen molar-refractivity contribution in [2.75, 3.05) is 0 Å². The van der Waals surface area contributed by atoms with E-state index in [1.165, 1.54) is 21.6 Å². The SMILES string of the molecule is CC(=O)Oc1ccc([SH](c2ccccc2)c2ccccc2)cc1. The molecule has 3 aromatic rings. The summed E-state index contributed by atoms with van der Waals surface area (Å²) in [6, 6.07) is 28.8. The quantitative estimate of drug-likeness (QED) is 0.411. The van der Waals surface area contributed by atoms with E-state index in [2.05, 4.69) is 48.5 Å². The van der Waals surface area contributed by atoms with E-state index in [4.69, 9.17) is 4.74 Å². The maximum atomic E-state index is 11.1. The first kappa shape index (κ1) is 15.4. The Morgan fingerprint density at radius 1 is 0.696 bits per heavy atom. The van der Waals surface area contributed by atoms with Crippen LogP contribution in [0.5, 0.6) is 5.75 Å². The number of carbonyl (C=O) groups excluding carboxylic acids is 1. The Bertz CT molecular complexity index is 728. The second-order valence-electron chi connectivity index (χ2n) is 5.09. The third kappa shape index (κ3) is 3.82. The molecule has 3 rings (SSSR count). The highest BCUT2D eigenvalue weighted by atomic mass is 32.2. The van der Waals surface area contributed by atoms with Gasteiger partial charge in [-0.2, -0.15) is 10.9 Å². The third-order valence-corrected chi connectivity index (χ3v) is 5.83. The van der Waals surface area contributed by atoms with Gasteiger partial charge in [0.05, 0.1) is 0 Å². The largest absolute Gasteiger partial charge is 0.427 e. The molecule has 0 heterocycles. The Morgan fingerprint density at radius 3 is 1.57 bits per heavy atom. The Kier molecular flexibility index (Phi) is 4.79. The molecule has 0 spiro atoms. The third-order valence-electron chi connectivity index (χ3n) is 3.39. The molecule has 0 atom stereocenters. The Labute approximate surface area is 139 Å². The first-order valence-corrected chi connectivity index (χ1v) is 8.77. The van der Waals surface area contributed by atoms with Crippen LogP contribution in [0.3, 0.4) is 0 Å². The van der Waals surface area contributed by atoms with Gasteiger partial charge < -0.3 is 4.74 Å². The Balaban J connectivity index is 2.00. The van der Waals surface area contributed by atoms with E-state index in [-0.39, 0.29) is 5.97 Å². The standard InChI is InChI=1S/C20H18O2S/c1-16(21)22-17-12-14-20(15-13-17)23(18-8-4-2-5-9-18)19-10-6-3-7-11-19/h2-15,23H,1H3. The molecule has 0 amide bonds. The van der Waals surface area contributed by atoms with Crippen molar-refractivity contribution >= 4 is 16.9 Å². The molecule has 0 aliphatic heterocycles. The molecule has 3 aromatic carbocycles. The average molecular weight is 322 g/mol. The van der Waals surface area contributed by atoms with Crippen molar-refractivity contribution < 1.29 is 9.53 Å². The van der Waals surface area contributed by atoms with Crippen LogP contribution in [0.15, 0.2) is 99.6 Å². The lowest BCUT2D eigenvalue weighted by atomic mass is 10.3. The van der Waals surface area contributed by atoms with Crippen molar-refractivity contribution in [3.05, 3.63) is 84.9 Å². The summed E-state index contributed by atoms with van der Waals surface area (Å²) in [7, 11) is -0.619. The van der Waals surface area contributed by atoms with E-state index in [0.717, 1.165) is 0 Å². The number of hydrogen-bond donors (Lipinski definition) is 1. The van der Waals surface area contributed by atoms with Gasteiger partial charge in [-0.3, -0.25) is 4.79 Å². The van der Waals surface area contributed by atoms with E-state index in [1.54, 1.807) is 0 Å². The molecule has 0 radical (unpaired) electrons. The number of ether oxygens (including phenoxy) is 1. The predicted octanol–water partition coefficient (Wildman–Crippen LogP) is 5.09. The number of rotatable bonds is 4. The molecular formula is C20H18O2S. The zero-order chi connectivity index (χ0) is 16.1. The molecule has 0 N–H and O–H groups in total. The van der Waals surface area contributed by atoms with E-state index < -0.39 is 10.9 Å². The highest BCUT2D eigenvalue weighted by Gasteiger charge is 2.12. The van der Waals surface area contributed by atoms with Gasteiger partial charge in [-0.25, -0.2) is 0 Å². The smallest absolute Gasteiger partial charge is 0.308 e. The van der Waals surface area contributed by atoms with Crippen molar-refractivity contribution in [1.82, 2.24) is 0 Å². The first-order valence-electron chi connectivity index (χ1n) is 7.43. The molecule has 23 heavy (non-hydrogen) atoms. The summed E-state index contributed by atoms with van der Waals surface area (Å²) in [5, 5.41) is 0. The molecule has 0 aromatic heterocycles. The van der Waals surface area contributed by atoms with Gasteiger partial charge >= 0.3 is 5.97 Å². The summed E-state index contributed by atoms with van der Waals surface area (Å²) in [6.45, 7) is 1.41. The van der Waals surface area contributed by atoms with Crippen molar-refractivity contribution in [3.63, 3.8) is 0 Å². The number of thiol groups is 1. The van der Waals surface area contributed by atoms with E-state index in [9.17, 15) is 4.79 Å². The molecule has 0 saturated heterocycles. The molecule has 116 valence electrons. The number of carbonyl (C=O) groups is 1. The van der Waals surface area contributed by atoms with Crippen molar-refractivity contribution in [2.24, 2.45) is 0 Å². The van der Waals surface area contributed by atoms with Gasteiger partial charge in [0, 0.05) is 6.92 Å². The Hall–Kier alpha value is -2.52. The lowest BCUT2D eigenvalue weighted by molar-refractivity contribution is -0.131. The maximum absolute atomic E-state index is 11.1. The fourth-order valence-corrected chi connectivity index (χ4v) is 4.71. The van der Waals surface area contributed by atoms with E-state index in [1.807, 2.05) is 36.4 Å². The molecule has 0 fully saturated rings. The van der Waals surface area contributed by atoms with E-state index >= 15 is 0 Å². The zero-order valence-electron chi connectivity index (χ0n) is 12.8. The van der Waals surface area contributed by atoms with Crippen LogP contribution in [0.4, 0.5) is 0 Å². The normalized spacial score (nSPS) is 10.9. The monoisotopic (exact) mass is 322 g/mol. The highest BCUT2D eigenvalue weighted by molar-refractivity contribution is 8.17. The first-order chi connectivity index (χ1) is 11.2. The van der Waals surface area contributed by atoms with Gasteiger partial charge in [-0.1, -0.05) is 36.4 Å². The molecule has 3 heteroatoms. The summed E-state index contributed by atoms with van der Waals surface area (Å²) in [5.41, 5.74) is 0. The molecule has 0 unspecified atom stereocenters. The van der Waals surface area contributed by atoms with Crippen molar-refractivity contribution in [1.29, 1.82) is 0 Å². The fourth-order valence-electron chi connectivity index (χ4n) is 2.43. The minimum absolute atomic E-state index is 0.300. The van der Waals surface area contributed by atoms with Crippen LogP contribution < -0.4 is 4.74 Å². The number of esters is 1. The number of benzene rings is 3. The molecule has 0 saturated carbocycles. The molecule has 0 bridgehead atoms. The van der Waals surface area contributed by atoms with Crippen molar-refractivity contribution in [3.8, 4) is 5.75 Å². The average Bonchev–Trinajstić information content (AvgIpc) is 2.58. The van der Waals surface area contributed by atoms with Crippen LogP contribution in [0.1, 0.15) is 6.92 Å². The van der Waals surface area contributed by atoms with Gasteiger partial charge in [0.25, 0.3) is 0 Å². The van der Waals surface area contributed by atoms with Crippen LogP contribution in [-0.4, -0.2) is 5.97 Å². The topological polar surface area (TPSA) is 26.3 Å². The van der Waals surface area contributed by atoms with Gasteiger partial charge in [0.1, 0.15) is 5.75 Å². The van der Waals surface area contributed by atoms with Crippen LogP contribution in [0.2, 0.25) is 0 Å². The predicted molar refractivity (Wildman–Crippen MR) is 94.4 cm³/mol. The number of hydrogen-bond acceptors (Lipinski definition) is 2. The lowest BCUT2D eigenvalue weighted by Gasteiger charge is -2.23. The lowest BCUT2D eigenvalue weighted by Crippen LogP contribution is -2.01. The van der Waals surface area contributed by atoms with Crippen LogP contribution in [-0.2, 0) is 4.79 Å². The summed E-state index contributed by atoms with van der Waals surface area (Å²) in [5.74, 6) is 0.281. The molecule has 0 aliphatic carbocycles. The zero-order valence-corrected chi connectivity index (χ0v) is 13.7. The van der Waals surface area contributed by atoms with Gasteiger partial charge in [-0.05, 0) is 63.2 Å². The molecule has 2 nitrogen and oxygen atoms in total. The van der Waals surface area contributed by atoms with E-state index in [0.29, 0.717) is 5.75 Å². The summed E-state index contributed by atoms with van der Waals surface area (Å²) in [4.78, 5) is 14.9. The highest BCUT2D eigenvalue weighted by Crippen LogP contribution is 2.51. The van der Waals surface area contributed by atoms with Crippen LogP contribution in [0.25, 0.3) is 0 Å². The van der Waals surface area contributed by atoms with Gasteiger partial charge in [0.15, 0.2) is 0 Å². The summed E-state index contributed by atoms with van der Waals surface area (Å²) >= 11 is 0. The second kappa shape index (κ2) is 7.16. The summed E-state index contributed by atoms with van der Waals surface area (Å²) < 4.78 is 5.13. The molecule has 0 aliphatic rings. The minimum atomic E-state index is -0.619. The van der Waals surface area contributed by atoms with Gasteiger partial charge in [0.2, 0.25) is 0 Å². The second-order valence-corrected chi connectivity index (χ2v) is 7.31. The Morgan fingerprint density at radius 2 is 1.13 bits per heavy atom. The van der Waals surface area contributed by atoms with Crippen molar-refractivity contribution in [2.45, 2.75) is 21.6 Å². The van der Waals surface area contributed by atoms with Crippen LogP contribution in [0, 0.1) is 0 Å². The maximum Gasteiger partial charge on any atom is 0.308 e.